The van der Waals surface area contributed by atoms with Crippen molar-refractivity contribution >= 4 is 23.0 Å². The molecule has 1 aliphatic rings. The van der Waals surface area contributed by atoms with E-state index < -0.39 is 5.97 Å². The Bertz CT molecular complexity index is 1000. The van der Waals surface area contributed by atoms with Crippen molar-refractivity contribution in [2.75, 3.05) is 0 Å². The summed E-state index contributed by atoms with van der Waals surface area (Å²) < 4.78 is 1.96. The molecule has 7 heteroatoms. The van der Waals surface area contributed by atoms with Crippen LogP contribution in [0.2, 0.25) is 0 Å². The number of fused-ring (bicyclic) bond motifs is 2. The quantitative estimate of drug-likeness (QED) is 0.484. The van der Waals surface area contributed by atoms with Crippen LogP contribution in [0.25, 0.3) is 16.1 Å². The molecule has 0 spiro atoms. The van der Waals surface area contributed by atoms with Gasteiger partial charge in [0.15, 0.2) is 0 Å². The first-order chi connectivity index (χ1) is 12.4. The summed E-state index contributed by atoms with van der Waals surface area (Å²) in [6.45, 7) is 4.91. The van der Waals surface area contributed by atoms with Gasteiger partial charge in [-0.3, -0.25) is 11.3 Å². The summed E-state index contributed by atoms with van der Waals surface area (Å²) >= 11 is 1.62. The van der Waals surface area contributed by atoms with E-state index >= 15 is 0 Å². The molecule has 3 heterocycles. The van der Waals surface area contributed by atoms with Gasteiger partial charge in [0.2, 0.25) is 0 Å². The number of carboxylic acids is 1. The smallest absolute Gasteiger partial charge is 0.337 e. The van der Waals surface area contributed by atoms with E-state index in [-0.39, 0.29) is 5.41 Å². The second-order valence-electron chi connectivity index (χ2n) is 7.63. The Morgan fingerprint density at radius 1 is 1.46 bits per heavy atom. The highest BCUT2D eigenvalue weighted by molar-refractivity contribution is 7.16. The molecule has 6 nitrogen and oxygen atoms in total. The highest BCUT2D eigenvalue weighted by Gasteiger charge is 2.33. The zero-order valence-electron chi connectivity index (χ0n) is 14.9. The fourth-order valence-electron chi connectivity index (χ4n) is 3.75. The largest absolute Gasteiger partial charge is 0.478 e. The standard InChI is InChI=1S/C19H22N4O2S/c1-19(2)6-5-14-13(7-19)16(18(24)25)17(26-14)11-3-4-15-21-8-12(9-22-20)23(15)10-11/h3-4,8,10,22H,5-7,9,20H2,1-2H3,(H,24,25). The minimum Gasteiger partial charge on any atom is -0.478 e. The van der Waals surface area contributed by atoms with Crippen LogP contribution in [0.15, 0.2) is 24.5 Å². The molecule has 0 saturated carbocycles. The van der Waals surface area contributed by atoms with Crippen LogP contribution < -0.4 is 11.3 Å². The lowest BCUT2D eigenvalue weighted by Crippen LogP contribution is -2.22. The van der Waals surface area contributed by atoms with Gasteiger partial charge in [0.1, 0.15) is 5.65 Å². The van der Waals surface area contributed by atoms with Crippen LogP contribution in [-0.2, 0) is 19.4 Å². The molecule has 136 valence electrons. The number of carbonyl (C=O) groups is 1. The van der Waals surface area contributed by atoms with Gasteiger partial charge in [-0.25, -0.2) is 9.78 Å². The van der Waals surface area contributed by atoms with Gasteiger partial charge in [0.25, 0.3) is 0 Å². The fourth-order valence-corrected chi connectivity index (χ4v) is 5.05. The lowest BCUT2D eigenvalue weighted by molar-refractivity contribution is 0.0696. The normalized spacial score (nSPS) is 16.0. The number of nitrogens with zero attached hydrogens (tertiary/aromatic N) is 2. The van der Waals surface area contributed by atoms with Gasteiger partial charge >= 0.3 is 5.97 Å². The Balaban J connectivity index is 1.88. The van der Waals surface area contributed by atoms with Crippen molar-refractivity contribution in [2.45, 2.75) is 39.7 Å². The summed E-state index contributed by atoms with van der Waals surface area (Å²) in [6, 6.07) is 3.88. The average molecular weight is 370 g/mol. The number of hydrogen-bond donors (Lipinski definition) is 3. The van der Waals surface area contributed by atoms with Gasteiger partial charge in [-0.05, 0) is 42.4 Å². The Kier molecular flexibility index (Phi) is 4.10. The lowest BCUT2D eigenvalue weighted by Gasteiger charge is -2.29. The van der Waals surface area contributed by atoms with Crippen LogP contribution in [0, 0.1) is 5.41 Å². The monoisotopic (exact) mass is 370 g/mol. The first-order valence-electron chi connectivity index (χ1n) is 8.67. The molecule has 0 bridgehead atoms. The lowest BCUT2D eigenvalue weighted by atomic mass is 9.76. The molecule has 3 aromatic heterocycles. The third kappa shape index (κ3) is 2.82. The molecule has 3 aromatic rings. The molecular formula is C19H22N4O2S. The maximum Gasteiger partial charge on any atom is 0.337 e. The van der Waals surface area contributed by atoms with Gasteiger partial charge in [0.05, 0.1) is 28.9 Å². The zero-order chi connectivity index (χ0) is 18.5. The molecule has 0 unspecified atom stereocenters. The second-order valence-corrected chi connectivity index (χ2v) is 8.74. The Hall–Kier alpha value is -2.22. The summed E-state index contributed by atoms with van der Waals surface area (Å²) in [6.07, 6.45) is 6.59. The molecule has 1 aliphatic carbocycles. The van der Waals surface area contributed by atoms with Crippen molar-refractivity contribution in [2.24, 2.45) is 11.3 Å². The van der Waals surface area contributed by atoms with Gasteiger partial charge in [0, 0.05) is 16.6 Å². The number of hydrazine groups is 1. The molecule has 0 radical (unpaired) electrons. The van der Waals surface area contributed by atoms with E-state index in [4.69, 9.17) is 5.84 Å². The summed E-state index contributed by atoms with van der Waals surface area (Å²) in [5.74, 6) is 4.61. The molecule has 0 amide bonds. The number of hydrogen-bond acceptors (Lipinski definition) is 5. The molecule has 0 saturated heterocycles. The van der Waals surface area contributed by atoms with E-state index in [9.17, 15) is 9.90 Å². The number of rotatable bonds is 4. The van der Waals surface area contributed by atoms with Crippen molar-refractivity contribution in [1.82, 2.24) is 14.8 Å². The molecule has 0 atom stereocenters. The number of pyridine rings is 1. The van der Waals surface area contributed by atoms with E-state index in [1.807, 2.05) is 22.7 Å². The van der Waals surface area contributed by atoms with Gasteiger partial charge in [-0.15, -0.1) is 11.3 Å². The number of nitrogens with two attached hydrogens (primary N) is 1. The van der Waals surface area contributed by atoms with Crippen LogP contribution >= 0.6 is 11.3 Å². The highest BCUT2D eigenvalue weighted by Crippen LogP contribution is 2.45. The molecular weight excluding hydrogens is 348 g/mol. The number of imidazole rings is 1. The van der Waals surface area contributed by atoms with Crippen LogP contribution in [0.3, 0.4) is 0 Å². The Morgan fingerprint density at radius 2 is 2.27 bits per heavy atom. The van der Waals surface area contributed by atoms with Gasteiger partial charge in [-0.2, -0.15) is 0 Å². The molecule has 26 heavy (non-hydrogen) atoms. The number of aromatic nitrogens is 2. The number of thiophene rings is 1. The van der Waals surface area contributed by atoms with E-state index in [1.54, 1.807) is 17.5 Å². The first-order valence-corrected chi connectivity index (χ1v) is 9.49. The third-order valence-electron chi connectivity index (χ3n) is 5.12. The van der Waals surface area contributed by atoms with Crippen LogP contribution in [0.5, 0.6) is 0 Å². The highest BCUT2D eigenvalue weighted by atomic mass is 32.1. The summed E-state index contributed by atoms with van der Waals surface area (Å²) in [5.41, 5.74) is 6.93. The van der Waals surface area contributed by atoms with Crippen LogP contribution in [0.1, 0.15) is 46.8 Å². The summed E-state index contributed by atoms with van der Waals surface area (Å²) in [5, 5.41) is 9.92. The first kappa shape index (κ1) is 17.2. The van der Waals surface area contributed by atoms with Crippen molar-refractivity contribution in [3.05, 3.63) is 46.2 Å². The average Bonchev–Trinajstić information content (AvgIpc) is 3.15. The van der Waals surface area contributed by atoms with E-state index in [0.29, 0.717) is 12.1 Å². The van der Waals surface area contributed by atoms with Gasteiger partial charge < -0.3 is 9.51 Å². The number of carboxylic acid groups (broad SMARTS) is 1. The summed E-state index contributed by atoms with van der Waals surface area (Å²) in [4.78, 5) is 18.5. The number of nitrogens with one attached hydrogen (secondary N) is 1. The van der Waals surface area contributed by atoms with Gasteiger partial charge in [-0.1, -0.05) is 13.8 Å². The molecule has 4 rings (SSSR count). The predicted molar refractivity (Wildman–Crippen MR) is 102 cm³/mol. The van der Waals surface area contributed by atoms with Crippen LogP contribution in [-0.4, -0.2) is 20.5 Å². The molecule has 0 aromatic carbocycles. The zero-order valence-corrected chi connectivity index (χ0v) is 15.7. The molecule has 0 aliphatic heterocycles. The summed E-state index contributed by atoms with van der Waals surface area (Å²) in [7, 11) is 0. The van der Waals surface area contributed by atoms with Crippen molar-refractivity contribution < 1.29 is 9.90 Å². The van der Waals surface area contributed by atoms with Crippen molar-refractivity contribution in [3.63, 3.8) is 0 Å². The fraction of sp³-hybridized carbons (Fsp3) is 0.368. The Labute approximate surface area is 155 Å². The topological polar surface area (TPSA) is 92.6 Å². The minimum atomic E-state index is -0.843. The Morgan fingerprint density at radius 3 is 3.00 bits per heavy atom. The van der Waals surface area contributed by atoms with E-state index in [0.717, 1.165) is 46.6 Å². The number of aromatic carboxylic acids is 1. The van der Waals surface area contributed by atoms with E-state index in [2.05, 4.69) is 24.3 Å². The maximum atomic E-state index is 12.1. The molecule has 0 fully saturated rings. The minimum absolute atomic E-state index is 0.143. The predicted octanol–water partition coefficient (Wildman–Crippen LogP) is 3.24. The SMILES string of the molecule is CC1(C)CCc2sc(-c3ccc4ncc(CNN)n4c3)c(C(=O)O)c2C1. The van der Waals surface area contributed by atoms with Crippen LogP contribution in [0.4, 0.5) is 0 Å². The third-order valence-corrected chi connectivity index (χ3v) is 6.46. The second kappa shape index (κ2) is 6.19. The number of aryl methyl sites for hydroxylation is 1. The van der Waals surface area contributed by atoms with Crippen molar-refractivity contribution in [1.29, 1.82) is 0 Å². The molecule has 4 N–H and O–H groups in total. The maximum absolute atomic E-state index is 12.1. The van der Waals surface area contributed by atoms with Crippen molar-refractivity contribution in [3.8, 4) is 10.4 Å². The van der Waals surface area contributed by atoms with E-state index in [1.165, 1.54) is 4.88 Å².